The fraction of sp³-hybridized carbons (Fsp3) is 0.353. The minimum Gasteiger partial charge on any atom is -0.445 e. The summed E-state index contributed by atoms with van der Waals surface area (Å²) in [7, 11) is 0. The molecule has 7 heteroatoms. The summed E-state index contributed by atoms with van der Waals surface area (Å²) in [5, 5.41) is 2.74. The third-order valence-electron chi connectivity index (χ3n) is 3.81. The smallest absolute Gasteiger partial charge is 0.407 e. The third kappa shape index (κ3) is 3.56. The molecule has 0 spiro atoms. The van der Waals surface area contributed by atoms with E-state index in [-0.39, 0.29) is 18.6 Å². The van der Waals surface area contributed by atoms with Crippen LogP contribution in [0.4, 0.5) is 4.79 Å². The lowest BCUT2D eigenvalue weighted by molar-refractivity contribution is 0.0538. The highest BCUT2D eigenvalue weighted by Gasteiger charge is 2.34. The Morgan fingerprint density at radius 3 is 2.62 bits per heavy atom. The quantitative estimate of drug-likeness (QED) is 0.928. The summed E-state index contributed by atoms with van der Waals surface area (Å²) in [4.78, 5) is 29.7. The van der Waals surface area contributed by atoms with Crippen LogP contribution in [0.2, 0.25) is 0 Å². The van der Waals surface area contributed by atoms with Gasteiger partial charge < -0.3 is 19.4 Å². The molecular weight excluding hydrogens is 310 g/mol. The lowest BCUT2D eigenvalue weighted by Gasteiger charge is -2.38. The van der Waals surface area contributed by atoms with Crippen LogP contribution in [-0.2, 0) is 11.3 Å². The van der Waals surface area contributed by atoms with Gasteiger partial charge in [0.05, 0.1) is 6.04 Å². The molecule has 1 aliphatic heterocycles. The molecule has 0 saturated carbocycles. The number of aromatic nitrogens is 1. The minimum atomic E-state index is -0.482. The van der Waals surface area contributed by atoms with Crippen LogP contribution in [0.25, 0.3) is 0 Å². The van der Waals surface area contributed by atoms with E-state index >= 15 is 0 Å². The summed E-state index contributed by atoms with van der Waals surface area (Å²) in [6, 6.07) is 9.35. The maximum absolute atomic E-state index is 12.3. The molecular formula is C17H19N3O4. The molecule has 1 aromatic carbocycles. The third-order valence-corrected chi connectivity index (χ3v) is 3.81. The number of hydrogen-bond acceptors (Lipinski definition) is 5. The number of oxazole rings is 1. The molecule has 1 N–H and O–H groups in total. The SMILES string of the molecule is Cc1nc(C(=O)N2CC(NC(=O)OCc3ccccc3)C2)c(C)o1. The number of carbonyl (C=O) groups is 2. The zero-order chi connectivity index (χ0) is 17.1. The summed E-state index contributed by atoms with van der Waals surface area (Å²) in [5.74, 6) is 0.798. The van der Waals surface area contributed by atoms with Crippen molar-refractivity contribution >= 4 is 12.0 Å². The molecule has 0 bridgehead atoms. The summed E-state index contributed by atoms with van der Waals surface area (Å²) in [6.45, 7) is 4.51. The number of ether oxygens (including phenoxy) is 1. The lowest BCUT2D eigenvalue weighted by atomic mass is 10.1. The molecule has 1 saturated heterocycles. The van der Waals surface area contributed by atoms with Crippen molar-refractivity contribution in [2.45, 2.75) is 26.5 Å². The van der Waals surface area contributed by atoms with Crippen LogP contribution in [0.5, 0.6) is 0 Å². The van der Waals surface area contributed by atoms with Gasteiger partial charge in [-0.25, -0.2) is 9.78 Å². The van der Waals surface area contributed by atoms with Gasteiger partial charge in [0.2, 0.25) is 0 Å². The Kier molecular flexibility index (Phi) is 4.50. The second-order valence-corrected chi connectivity index (χ2v) is 5.75. The molecule has 24 heavy (non-hydrogen) atoms. The molecule has 2 heterocycles. The summed E-state index contributed by atoms with van der Waals surface area (Å²) in [5.41, 5.74) is 1.26. The fourth-order valence-electron chi connectivity index (χ4n) is 2.54. The van der Waals surface area contributed by atoms with E-state index in [0.717, 1.165) is 5.56 Å². The summed E-state index contributed by atoms with van der Waals surface area (Å²) >= 11 is 0. The maximum Gasteiger partial charge on any atom is 0.407 e. The van der Waals surface area contributed by atoms with E-state index in [1.54, 1.807) is 18.7 Å². The molecule has 1 aromatic heterocycles. The van der Waals surface area contributed by atoms with Crippen LogP contribution in [0, 0.1) is 13.8 Å². The molecule has 3 rings (SSSR count). The van der Waals surface area contributed by atoms with E-state index in [0.29, 0.717) is 30.4 Å². The highest BCUT2D eigenvalue weighted by Crippen LogP contribution is 2.16. The van der Waals surface area contributed by atoms with Gasteiger partial charge in [0, 0.05) is 20.0 Å². The van der Waals surface area contributed by atoms with Crippen LogP contribution < -0.4 is 5.32 Å². The number of nitrogens with one attached hydrogen (secondary N) is 1. The Hall–Kier alpha value is -2.83. The maximum atomic E-state index is 12.3. The monoisotopic (exact) mass is 329 g/mol. The molecule has 0 unspecified atom stereocenters. The first-order chi connectivity index (χ1) is 11.5. The van der Waals surface area contributed by atoms with E-state index in [9.17, 15) is 9.59 Å². The van der Waals surface area contributed by atoms with Crippen molar-refractivity contribution in [3.05, 3.63) is 53.2 Å². The molecule has 2 amide bonds. The van der Waals surface area contributed by atoms with E-state index in [1.165, 1.54) is 0 Å². The number of benzene rings is 1. The minimum absolute atomic E-state index is 0.106. The summed E-state index contributed by atoms with van der Waals surface area (Å²) < 4.78 is 10.4. The zero-order valence-corrected chi connectivity index (χ0v) is 13.6. The molecule has 7 nitrogen and oxygen atoms in total. The van der Waals surface area contributed by atoms with Gasteiger partial charge in [-0.3, -0.25) is 4.79 Å². The van der Waals surface area contributed by atoms with Crippen molar-refractivity contribution in [2.24, 2.45) is 0 Å². The van der Waals surface area contributed by atoms with Gasteiger partial charge in [-0.2, -0.15) is 0 Å². The first-order valence-electron chi connectivity index (χ1n) is 7.73. The molecule has 0 aliphatic carbocycles. The highest BCUT2D eigenvalue weighted by molar-refractivity contribution is 5.94. The van der Waals surface area contributed by atoms with Crippen molar-refractivity contribution in [1.82, 2.24) is 15.2 Å². The van der Waals surface area contributed by atoms with E-state index < -0.39 is 6.09 Å². The average molecular weight is 329 g/mol. The molecule has 1 fully saturated rings. The number of amides is 2. The number of aryl methyl sites for hydroxylation is 2. The van der Waals surface area contributed by atoms with Crippen LogP contribution in [0.3, 0.4) is 0 Å². The second kappa shape index (κ2) is 6.74. The van der Waals surface area contributed by atoms with Crippen LogP contribution >= 0.6 is 0 Å². The van der Waals surface area contributed by atoms with Crippen molar-refractivity contribution < 1.29 is 18.7 Å². The predicted molar refractivity (Wildman–Crippen MR) is 85.4 cm³/mol. The molecule has 126 valence electrons. The zero-order valence-electron chi connectivity index (χ0n) is 13.6. The van der Waals surface area contributed by atoms with Gasteiger partial charge >= 0.3 is 6.09 Å². The molecule has 0 radical (unpaired) electrons. The number of likely N-dealkylation sites (tertiary alicyclic amines) is 1. The number of rotatable bonds is 4. The van der Waals surface area contributed by atoms with Crippen LogP contribution in [0.15, 0.2) is 34.7 Å². The first kappa shape index (κ1) is 16.0. The van der Waals surface area contributed by atoms with Gasteiger partial charge in [0.15, 0.2) is 11.6 Å². The molecule has 0 atom stereocenters. The van der Waals surface area contributed by atoms with Crippen molar-refractivity contribution in [1.29, 1.82) is 0 Å². The number of carbonyl (C=O) groups excluding carboxylic acids is 2. The topological polar surface area (TPSA) is 84.7 Å². The Morgan fingerprint density at radius 1 is 1.29 bits per heavy atom. The Bertz CT molecular complexity index is 736. The second-order valence-electron chi connectivity index (χ2n) is 5.75. The standard InChI is InChI=1S/C17H19N3O4/c1-11-15(18-12(2)24-11)16(21)20-8-14(9-20)19-17(22)23-10-13-6-4-3-5-7-13/h3-7,14H,8-10H2,1-2H3,(H,19,22). The molecule has 2 aromatic rings. The lowest BCUT2D eigenvalue weighted by Crippen LogP contribution is -2.61. The van der Waals surface area contributed by atoms with Gasteiger partial charge in [-0.05, 0) is 12.5 Å². The van der Waals surface area contributed by atoms with Crippen LogP contribution in [0.1, 0.15) is 27.7 Å². The van der Waals surface area contributed by atoms with Gasteiger partial charge in [-0.1, -0.05) is 30.3 Å². The van der Waals surface area contributed by atoms with Gasteiger partial charge in [0.1, 0.15) is 12.4 Å². The Morgan fingerprint density at radius 2 is 2.00 bits per heavy atom. The van der Waals surface area contributed by atoms with E-state index in [4.69, 9.17) is 9.15 Å². The Labute approximate surface area is 139 Å². The highest BCUT2D eigenvalue weighted by atomic mass is 16.5. The van der Waals surface area contributed by atoms with E-state index in [1.807, 2.05) is 30.3 Å². The molecule has 1 aliphatic rings. The largest absolute Gasteiger partial charge is 0.445 e. The van der Waals surface area contributed by atoms with Crippen molar-refractivity contribution in [3.63, 3.8) is 0 Å². The van der Waals surface area contributed by atoms with E-state index in [2.05, 4.69) is 10.3 Å². The van der Waals surface area contributed by atoms with Gasteiger partial charge in [0.25, 0.3) is 5.91 Å². The van der Waals surface area contributed by atoms with Crippen LogP contribution in [-0.4, -0.2) is 41.0 Å². The fourth-order valence-corrected chi connectivity index (χ4v) is 2.54. The predicted octanol–water partition coefficient (Wildman–Crippen LogP) is 2.04. The number of alkyl carbamates (subject to hydrolysis) is 1. The normalized spacial score (nSPS) is 14.2. The number of hydrogen-bond donors (Lipinski definition) is 1. The Balaban J connectivity index is 1.42. The summed E-state index contributed by atoms with van der Waals surface area (Å²) in [6.07, 6.45) is -0.482. The van der Waals surface area contributed by atoms with Crippen molar-refractivity contribution in [2.75, 3.05) is 13.1 Å². The first-order valence-corrected chi connectivity index (χ1v) is 7.73. The number of nitrogens with zero attached hydrogens (tertiary/aromatic N) is 2. The average Bonchev–Trinajstić information content (AvgIpc) is 2.87. The van der Waals surface area contributed by atoms with Gasteiger partial charge in [-0.15, -0.1) is 0 Å². The van der Waals surface area contributed by atoms with Crippen molar-refractivity contribution in [3.8, 4) is 0 Å².